The van der Waals surface area contributed by atoms with Crippen LogP contribution in [0.25, 0.3) is 6.08 Å². The summed E-state index contributed by atoms with van der Waals surface area (Å²) in [6, 6.07) is 22.6. The molecule has 0 fully saturated rings. The van der Waals surface area contributed by atoms with Crippen LogP contribution in [0.15, 0.2) is 90.0 Å². The van der Waals surface area contributed by atoms with Gasteiger partial charge in [0, 0.05) is 6.08 Å². The molecular weight excluding hydrogens is 422 g/mol. The number of para-hydroxylation sites is 2. The molecule has 0 aromatic heterocycles. The molecule has 166 valence electrons. The maximum absolute atomic E-state index is 12.0. The van der Waals surface area contributed by atoms with Gasteiger partial charge in [-0.3, -0.25) is 9.59 Å². The van der Waals surface area contributed by atoms with E-state index in [1.165, 1.54) is 19.4 Å². The maximum Gasteiger partial charge on any atom is 0.336 e. The van der Waals surface area contributed by atoms with Crippen molar-refractivity contribution in [3.05, 3.63) is 96.1 Å². The van der Waals surface area contributed by atoms with Gasteiger partial charge in [-0.25, -0.2) is 10.2 Å². The summed E-state index contributed by atoms with van der Waals surface area (Å²) in [5, 5.41) is 6.22. The van der Waals surface area contributed by atoms with E-state index < -0.39 is 17.8 Å². The fraction of sp³-hybridized carbons (Fsp3) is 0.0400. The number of esters is 1. The summed E-state index contributed by atoms with van der Waals surface area (Å²) in [7, 11) is 1.46. The molecule has 3 aromatic rings. The number of hydrazone groups is 1. The summed E-state index contributed by atoms with van der Waals surface area (Å²) in [6.07, 6.45) is 4.36. The lowest BCUT2D eigenvalue weighted by Gasteiger charge is -2.08. The van der Waals surface area contributed by atoms with E-state index in [2.05, 4.69) is 15.8 Å². The lowest BCUT2D eigenvalue weighted by Crippen LogP contribution is -2.32. The zero-order chi connectivity index (χ0) is 23.5. The van der Waals surface area contributed by atoms with Crippen LogP contribution < -0.4 is 20.2 Å². The Morgan fingerprint density at radius 1 is 0.818 bits per heavy atom. The monoisotopic (exact) mass is 443 g/mol. The third-order valence-corrected chi connectivity index (χ3v) is 4.25. The van der Waals surface area contributed by atoms with Crippen LogP contribution in [-0.4, -0.2) is 31.1 Å². The SMILES string of the molecule is COc1ccccc1NC(=O)C(=O)N/N=C\c1ccc(OC(=O)/C=C/c2ccccc2)cc1. The van der Waals surface area contributed by atoms with E-state index in [4.69, 9.17) is 9.47 Å². The standard InChI is InChI=1S/C25H21N3O5/c1-32-22-10-6-5-9-21(22)27-24(30)25(31)28-26-17-19-11-14-20(15-12-19)33-23(29)16-13-18-7-3-2-4-8-18/h2-17H,1H3,(H,27,30)(H,28,31)/b16-13+,26-17-. The summed E-state index contributed by atoms with van der Waals surface area (Å²) in [4.78, 5) is 35.9. The van der Waals surface area contributed by atoms with Gasteiger partial charge in [0.2, 0.25) is 0 Å². The molecule has 0 radical (unpaired) electrons. The highest BCUT2D eigenvalue weighted by molar-refractivity contribution is 6.39. The molecule has 3 aromatic carbocycles. The van der Waals surface area contributed by atoms with Crippen molar-refractivity contribution >= 4 is 35.8 Å². The molecule has 2 N–H and O–H groups in total. The Balaban J connectivity index is 1.48. The molecule has 8 heteroatoms. The van der Waals surface area contributed by atoms with Gasteiger partial charge in [-0.2, -0.15) is 5.10 Å². The van der Waals surface area contributed by atoms with Crippen LogP contribution in [0.5, 0.6) is 11.5 Å². The molecule has 8 nitrogen and oxygen atoms in total. The minimum atomic E-state index is -0.937. The van der Waals surface area contributed by atoms with E-state index in [1.54, 1.807) is 54.6 Å². The van der Waals surface area contributed by atoms with Crippen LogP contribution in [0.1, 0.15) is 11.1 Å². The molecule has 0 saturated carbocycles. The molecule has 0 atom stereocenters. The van der Waals surface area contributed by atoms with E-state index >= 15 is 0 Å². The third kappa shape index (κ3) is 7.18. The van der Waals surface area contributed by atoms with E-state index in [9.17, 15) is 14.4 Å². The van der Waals surface area contributed by atoms with Crippen molar-refractivity contribution < 1.29 is 23.9 Å². The summed E-state index contributed by atoms with van der Waals surface area (Å²) in [6.45, 7) is 0. The first-order valence-electron chi connectivity index (χ1n) is 9.87. The second-order valence-corrected chi connectivity index (χ2v) is 6.59. The fourth-order valence-corrected chi connectivity index (χ4v) is 2.64. The molecule has 2 amide bonds. The highest BCUT2D eigenvalue weighted by Gasteiger charge is 2.14. The van der Waals surface area contributed by atoms with Gasteiger partial charge in [0.15, 0.2) is 0 Å². The number of hydrogen-bond acceptors (Lipinski definition) is 6. The van der Waals surface area contributed by atoms with Gasteiger partial charge in [-0.05, 0) is 53.6 Å². The van der Waals surface area contributed by atoms with Crippen molar-refractivity contribution in [3.8, 4) is 11.5 Å². The Morgan fingerprint density at radius 3 is 2.24 bits per heavy atom. The van der Waals surface area contributed by atoms with Gasteiger partial charge >= 0.3 is 17.8 Å². The van der Waals surface area contributed by atoms with Crippen LogP contribution in [0, 0.1) is 0 Å². The quantitative estimate of drug-likeness (QED) is 0.145. The van der Waals surface area contributed by atoms with E-state index in [0.717, 1.165) is 5.56 Å². The van der Waals surface area contributed by atoms with Gasteiger partial charge in [-0.15, -0.1) is 0 Å². The molecular formula is C25H21N3O5. The smallest absolute Gasteiger partial charge is 0.336 e. The number of nitrogens with one attached hydrogen (secondary N) is 2. The number of hydrogen-bond donors (Lipinski definition) is 2. The largest absolute Gasteiger partial charge is 0.495 e. The molecule has 0 unspecified atom stereocenters. The Bertz CT molecular complexity index is 1170. The molecule has 0 spiro atoms. The Morgan fingerprint density at radius 2 is 1.52 bits per heavy atom. The fourth-order valence-electron chi connectivity index (χ4n) is 2.64. The molecule has 0 aliphatic rings. The first-order chi connectivity index (χ1) is 16.0. The minimum Gasteiger partial charge on any atom is -0.495 e. The van der Waals surface area contributed by atoms with Gasteiger partial charge in [0.1, 0.15) is 11.5 Å². The summed E-state index contributed by atoms with van der Waals surface area (Å²) >= 11 is 0. The number of ether oxygens (including phenoxy) is 2. The number of methoxy groups -OCH3 is 1. The van der Waals surface area contributed by atoms with Crippen molar-refractivity contribution in [3.63, 3.8) is 0 Å². The Labute approximate surface area is 190 Å². The van der Waals surface area contributed by atoms with Crippen LogP contribution >= 0.6 is 0 Å². The highest BCUT2D eigenvalue weighted by Crippen LogP contribution is 2.22. The predicted octanol–water partition coefficient (Wildman–Crippen LogP) is 3.40. The number of benzene rings is 3. The topological polar surface area (TPSA) is 106 Å². The Kier molecular flexibility index (Phi) is 8.08. The Hall–Kier alpha value is -4.72. The molecule has 0 aliphatic carbocycles. The van der Waals surface area contributed by atoms with E-state index in [-0.39, 0.29) is 0 Å². The normalized spacial score (nSPS) is 10.7. The molecule has 0 bridgehead atoms. The van der Waals surface area contributed by atoms with Crippen molar-refractivity contribution in [2.45, 2.75) is 0 Å². The highest BCUT2D eigenvalue weighted by atomic mass is 16.5. The second-order valence-electron chi connectivity index (χ2n) is 6.59. The summed E-state index contributed by atoms with van der Waals surface area (Å²) < 4.78 is 10.4. The lowest BCUT2D eigenvalue weighted by atomic mass is 10.2. The van der Waals surface area contributed by atoms with Crippen LogP contribution in [0.4, 0.5) is 5.69 Å². The van der Waals surface area contributed by atoms with Gasteiger partial charge < -0.3 is 14.8 Å². The number of amides is 2. The molecule has 33 heavy (non-hydrogen) atoms. The van der Waals surface area contributed by atoms with E-state index in [1.807, 2.05) is 30.3 Å². The van der Waals surface area contributed by atoms with Gasteiger partial charge in [0.05, 0.1) is 19.0 Å². The zero-order valence-electron chi connectivity index (χ0n) is 17.7. The van der Waals surface area contributed by atoms with Crippen LogP contribution in [-0.2, 0) is 14.4 Å². The number of carbonyl (C=O) groups is 3. The van der Waals surface area contributed by atoms with Crippen molar-refractivity contribution in [1.29, 1.82) is 0 Å². The summed E-state index contributed by atoms with van der Waals surface area (Å²) in [5.41, 5.74) is 4.03. The number of nitrogens with zero attached hydrogens (tertiary/aromatic N) is 1. The molecule has 0 saturated heterocycles. The summed E-state index contributed by atoms with van der Waals surface area (Å²) in [5.74, 6) is -1.54. The van der Waals surface area contributed by atoms with E-state index in [0.29, 0.717) is 22.7 Å². The lowest BCUT2D eigenvalue weighted by molar-refractivity contribution is -0.136. The molecule has 3 rings (SSSR count). The van der Waals surface area contributed by atoms with Gasteiger partial charge in [-0.1, -0.05) is 42.5 Å². The first-order valence-corrected chi connectivity index (χ1v) is 9.87. The average Bonchev–Trinajstić information content (AvgIpc) is 2.84. The van der Waals surface area contributed by atoms with Crippen molar-refractivity contribution in [1.82, 2.24) is 5.43 Å². The number of anilines is 1. The zero-order valence-corrected chi connectivity index (χ0v) is 17.7. The van der Waals surface area contributed by atoms with Crippen LogP contribution in [0.3, 0.4) is 0 Å². The van der Waals surface area contributed by atoms with Crippen molar-refractivity contribution in [2.75, 3.05) is 12.4 Å². The number of carbonyl (C=O) groups excluding carboxylic acids is 3. The average molecular weight is 443 g/mol. The minimum absolute atomic E-state index is 0.357. The third-order valence-electron chi connectivity index (χ3n) is 4.25. The molecule has 0 heterocycles. The van der Waals surface area contributed by atoms with Crippen molar-refractivity contribution in [2.24, 2.45) is 5.10 Å². The molecule has 0 aliphatic heterocycles. The number of rotatable bonds is 7. The first kappa shape index (κ1) is 23.0. The maximum atomic E-state index is 12.0. The second kappa shape index (κ2) is 11.6. The van der Waals surface area contributed by atoms with Crippen LogP contribution in [0.2, 0.25) is 0 Å². The predicted molar refractivity (Wildman–Crippen MR) is 125 cm³/mol. The van der Waals surface area contributed by atoms with Gasteiger partial charge in [0.25, 0.3) is 0 Å².